The molecule has 0 aliphatic carbocycles. The number of nitrogens with one attached hydrogen (secondary N) is 2. The van der Waals surface area contributed by atoms with Crippen molar-refractivity contribution in [2.75, 3.05) is 0 Å². The molecular weight excluding hydrogens is 412 g/mol. The summed E-state index contributed by atoms with van der Waals surface area (Å²) in [6.07, 6.45) is 3.26. The molecule has 0 aromatic heterocycles. The fourth-order valence-electron chi connectivity index (χ4n) is 3.45. The van der Waals surface area contributed by atoms with Gasteiger partial charge in [-0.3, -0.25) is 9.59 Å². The molecule has 0 aliphatic heterocycles. The summed E-state index contributed by atoms with van der Waals surface area (Å²) in [5.41, 5.74) is 2.80. The first-order valence-electron chi connectivity index (χ1n) is 11.5. The molecule has 0 radical (unpaired) electrons. The summed E-state index contributed by atoms with van der Waals surface area (Å²) >= 11 is 0. The summed E-state index contributed by atoms with van der Waals surface area (Å²) < 4.78 is 5.85. The zero-order valence-corrected chi connectivity index (χ0v) is 19.1. The topological polar surface area (TPSA) is 67.4 Å². The molecule has 33 heavy (non-hydrogen) atoms. The third kappa shape index (κ3) is 8.11. The second-order valence-corrected chi connectivity index (χ2v) is 8.00. The number of amides is 2. The Hall–Kier alpha value is -3.60. The van der Waals surface area contributed by atoms with E-state index in [-0.39, 0.29) is 11.8 Å². The maximum Gasteiger partial charge on any atom is 0.247 e. The van der Waals surface area contributed by atoms with Crippen LogP contribution in [0.1, 0.15) is 55.3 Å². The summed E-state index contributed by atoms with van der Waals surface area (Å²) in [7, 11) is 0. The number of unbranched alkanes of at least 4 members (excludes halogenated alkanes) is 2. The minimum absolute atomic E-state index is 0.118. The minimum Gasteiger partial charge on any atom is -0.489 e. The third-order valence-corrected chi connectivity index (χ3v) is 5.35. The van der Waals surface area contributed by atoms with Crippen molar-refractivity contribution in [3.63, 3.8) is 0 Å². The SMILES string of the molecule is CCCCCC(=O)N[C@H](C(=O)NCc1ccccc1)c1ccc(OCc2ccccc2)cc1. The molecule has 0 aliphatic rings. The van der Waals surface area contributed by atoms with Crippen molar-refractivity contribution >= 4 is 11.8 Å². The van der Waals surface area contributed by atoms with Gasteiger partial charge in [-0.15, -0.1) is 0 Å². The Kier molecular flexibility index (Phi) is 9.52. The molecule has 0 bridgehead atoms. The van der Waals surface area contributed by atoms with Crippen LogP contribution in [-0.2, 0) is 22.7 Å². The average Bonchev–Trinajstić information content (AvgIpc) is 2.86. The van der Waals surface area contributed by atoms with E-state index in [1.165, 1.54) is 0 Å². The molecule has 0 unspecified atom stereocenters. The largest absolute Gasteiger partial charge is 0.489 e. The van der Waals surface area contributed by atoms with Crippen LogP contribution in [-0.4, -0.2) is 11.8 Å². The summed E-state index contributed by atoms with van der Waals surface area (Å²) in [5.74, 6) is 0.355. The minimum atomic E-state index is -0.758. The molecule has 2 amide bonds. The van der Waals surface area contributed by atoms with Gasteiger partial charge >= 0.3 is 0 Å². The number of ether oxygens (including phenoxy) is 1. The predicted molar refractivity (Wildman–Crippen MR) is 131 cm³/mol. The van der Waals surface area contributed by atoms with E-state index < -0.39 is 6.04 Å². The molecule has 2 N–H and O–H groups in total. The van der Waals surface area contributed by atoms with Crippen molar-refractivity contribution in [1.29, 1.82) is 0 Å². The maximum absolute atomic E-state index is 13.0. The van der Waals surface area contributed by atoms with E-state index >= 15 is 0 Å². The van der Waals surface area contributed by atoms with E-state index in [9.17, 15) is 9.59 Å². The Bertz CT molecular complexity index is 989. The zero-order valence-electron chi connectivity index (χ0n) is 19.1. The Morgan fingerprint density at radius 1 is 0.818 bits per heavy atom. The lowest BCUT2D eigenvalue weighted by atomic mass is 10.0. The molecule has 0 heterocycles. The summed E-state index contributed by atoms with van der Waals surface area (Å²) in [5, 5.41) is 5.86. The molecule has 3 rings (SSSR count). The van der Waals surface area contributed by atoms with Crippen LogP contribution in [0.5, 0.6) is 5.75 Å². The average molecular weight is 445 g/mol. The number of benzene rings is 3. The second-order valence-electron chi connectivity index (χ2n) is 8.00. The summed E-state index contributed by atoms with van der Waals surface area (Å²) in [6, 6.07) is 26.2. The highest BCUT2D eigenvalue weighted by molar-refractivity contribution is 5.88. The second kappa shape index (κ2) is 13.1. The normalized spacial score (nSPS) is 11.4. The van der Waals surface area contributed by atoms with Gasteiger partial charge in [-0.25, -0.2) is 0 Å². The molecule has 172 valence electrons. The molecule has 3 aromatic rings. The van der Waals surface area contributed by atoms with Crippen LogP contribution in [0.25, 0.3) is 0 Å². The fourth-order valence-corrected chi connectivity index (χ4v) is 3.45. The molecule has 0 spiro atoms. The molecule has 5 nitrogen and oxygen atoms in total. The number of hydrogen-bond acceptors (Lipinski definition) is 3. The molecule has 1 atom stereocenters. The van der Waals surface area contributed by atoms with Crippen LogP contribution in [0, 0.1) is 0 Å². The first-order chi connectivity index (χ1) is 16.2. The van der Waals surface area contributed by atoms with E-state index in [4.69, 9.17) is 4.74 Å². The molecular formula is C28H32N2O3. The Labute approximate surface area is 196 Å². The van der Waals surface area contributed by atoms with Crippen molar-refractivity contribution in [3.8, 4) is 5.75 Å². The van der Waals surface area contributed by atoms with Gasteiger partial charge in [-0.1, -0.05) is 92.6 Å². The van der Waals surface area contributed by atoms with Crippen LogP contribution in [0.4, 0.5) is 0 Å². The number of carbonyl (C=O) groups is 2. The number of carbonyl (C=O) groups excluding carboxylic acids is 2. The highest BCUT2D eigenvalue weighted by Gasteiger charge is 2.22. The fraction of sp³-hybridized carbons (Fsp3) is 0.286. The van der Waals surface area contributed by atoms with Crippen molar-refractivity contribution < 1.29 is 14.3 Å². The van der Waals surface area contributed by atoms with Gasteiger partial charge in [0.05, 0.1) is 0 Å². The standard InChI is InChI=1S/C28H32N2O3/c1-2-3-6-15-26(31)30-27(28(32)29-20-22-11-7-4-8-12-22)24-16-18-25(19-17-24)33-21-23-13-9-5-10-14-23/h4-5,7-14,16-19,27H,2-3,6,15,20-21H2,1H3,(H,29,32)(H,30,31)/t27-/m0/s1. The van der Waals surface area contributed by atoms with E-state index in [1.807, 2.05) is 84.9 Å². The van der Waals surface area contributed by atoms with Crippen LogP contribution in [0.2, 0.25) is 0 Å². The van der Waals surface area contributed by atoms with Crippen LogP contribution in [0.3, 0.4) is 0 Å². The van der Waals surface area contributed by atoms with Gasteiger partial charge < -0.3 is 15.4 Å². The van der Waals surface area contributed by atoms with Gasteiger partial charge in [0.15, 0.2) is 0 Å². The third-order valence-electron chi connectivity index (χ3n) is 5.35. The highest BCUT2D eigenvalue weighted by atomic mass is 16.5. The lowest BCUT2D eigenvalue weighted by Gasteiger charge is -2.19. The van der Waals surface area contributed by atoms with Gasteiger partial charge in [-0.05, 0) is 35.2 Å². The van der Waals surface area contributed by atoms with Gasteiger partial charge in [0.25, 0.3) is 0 Å². The van der Waals surface area contributed by atoms with Crippen molar-refractivity contribution in [2.45, 2.75) is 51.8 Å². The lowest BCUT2D eigenvalue weighted by Crippen LogP contribution is -2.40. The predicted octanol–water partition coefficient (Wildman–Crippen LogP) is 5.32. The number of rotatable bonds is 12. The first kappa shape index (κ1) is 24.1. The van der Waals surface area contributed by atoms with Crippen LogP contribution >= 0.6 is 0 Å². The van der Waals surface area contributed by atoms with E-state index in [2.05, 4.69) is 17.6 Å². The van der Waals surface area contributed by atoms with Gasteiger partial charge in [0.1, 0.15) is 18.4 Å². The zero-order chi connectivity index (χ0) is 23.3. The van der Waals surface area contributed by atoms with Gasteiger partial charge in [0, 0.05) is 13.0 Å². The van der Waals surface area contributed by atoms with Crippen molar-refractivity contribution in [2.24, 2.45) is 0 Å². The van der Waals surface area contributed by atoms with E-state index in [1.54, 1.807) is 0 Å². The molecule has 5 heteroatoms. The molecule has 0 fully saturated rings. The molecule has 0 saturated heterocycles. The lowest BCUT2D eigenvalue weighted by molar-refractivity contribution is -0.129. The van der Waals surface area contributed by atoms with Gasteiger partial charge in [0.2, 0.25) is 11.8 Å². The molecule has 0 saturated carbocycles. The Balaban J connectivity index is 1.66. The quantitative estimate of drug-likeness (QED) is 0.372. The van der Waals surface area contributed by atoms with E-state index in [0.29, 0.717) is 25.3 Å². The first-order valence-corrected chi connectivity index (χ1v) is 11.5. The van der Waals surface area contributed by atoms with Crippen molar-refractivity contribution in [3.05, 3.63) is 102 Å². The summed E-state index contributed by atoms with van der Waals surface area (Å²) in [6.45, 7) is 2.97. The van der Waals surface area contributed by atoms with Crippen LogP contribution < -0.4 is 15.4 Å². The number of hydrogen-bond donors (Lipinski definition) is 2. The monoisotopic (exact) mass is 444 g/mol. The maximum atomic E-state index is 13.0. The smallest absolute Gasteiger partial charge is 0.247 e. The van der Waals surface area contributed by atoms with E-state index in [0.717, 1.165) is 36.0 Å². The van der Waals surface area contributed by atoms with Crippen molar-refractivity contribution in [1.82, 2.24) is 10.6 Å². The Morgan fingerprint density at radius 3 is 2.09 bits per heavy atom. The Morgan fingerprint density at radius 2 is 1.45 bits per heavy atom. The van der Waals surface area contributed by atoms with Crippen LogP contribution in [0.15, 0.2) is 84.9 Å². The molecule has 3 aromatic carbocycles. The highest BCUT2D eigenvalue weighted by Crippen LogP contribution is 2.20. The van der Waals surface area contributed by atoms with Gasteiger partial charge in [-0.2, -0.15) is 0 Å². The summed E-state index contributed by atoms with van der Waals surface area (Å²) in [4.78, 5) is 25.5.